The van der Waals surface area contributed by atoms with Crippen molar-refractivity contribution in [3.63, 3.8) is 0 Å². The van der Waals surface area contributed by atoms with Crippen molar-refractivity contribution < 1.29 is 8.42 Å². The number of thiophene rings is 1. The largest absolute Gasteiger partial charge is 0.316 e. The first-order valence-electron chi connectivity index (χ1n) is 7.87. The Morgan fingerprint density at radius 3 is 2.86 bits per heavy atom. The third-order valence-electron chi connectivity index (χ3n) is 4.77. The van der Waals surface area contributed by atoms with Crippen LogP contribution in [0.5, 0.6) is 0 Å². The van der Waals surface area contributed by atoms with E-state index in [-0.39, 0.29) is 6.04 Å². The summed E-state index contributed by atoms with van der Waals surface area (Å²) >= 11 is 1.36. The van der Waals surface area contributed by atoms with Gasteiger partial charge in [-0.1, -0.05) is 12.8 Å². The van der Waals surface area contributed by atoms with Gasteiger partial charge in [0, 0.05) is 19.1 Å². The van der Waals surface area contributed by atoms with E-state index in [0.717, 1.165) is 24.9 Å². The first kappa shape index (κ1) is 15.5. The van der Waals surface area contributed by atoms with Gasteiger partial charge in [-0.25, -0.2) is 8.42 Å². The lowest BCUT2D eigenvalue weighted by atomic mass is 9.79. The highest BCUT2D eigenvalue weighted by Crippen LogP contribution is 2.38. The predicted octanol–water partition coefficient (Wildman–Crippen LogP) is 2.81. The van der Waals surface area contributed by atoms with Crippen molar-refractivity contribution >= 4 is 21.4 Å². The van der Waals surface area contributed by atoms with Gasteiger partial charge in [-0.2, -0.15) is 4.31 Å². The quantitative estimate of drug-likeness (QED) is 0.924. The van der Waals surface area contributed by atoms with Gasteiger partial charge in [-0.05, 0) is 55.7 Å². The summed E-state index contributed by atoms with van der Waals surface area (Å²) in [5.74, 6) is 0.582. The van der Waals surface area contributed by atoms with Crippen LogP contribution in [-0.4, -0.2) is 32.4 Å². The number of hydrogen-bond donors (Lipinski definition) is 1. The van der Waals surface area contributed by atoms with Crippen LogP contribution in [0.25, 0.3) is 0 Å². The topological polar surface area (TPSA) is 49.4 Å². The molecule has 1 saturated heterocycles. The van der Waals surface area contributed by atoms with Crippen LogP contribution < -0.4 is 5.32 Å². The smallest absolute Gasteiger partial charge is 0.252 e. The average Bonchev–Trinajstić information content (AvgIpc) is 2.96. The molecule has 118 valence electrons. The van der Waals surface area contributed by atoms with Crippen LogP contribution in [0.3, 0.4) is 0 Å². The molecule has 2 fully saturated rings. The summed E-state index contributed by atoms with van der Waals surface area (Å²) in [6.45, 7) is 1.42. The molecule has 2 heterocycles. The van der Waals surface area contributed by atoms with Gasteiger partial charge in [0.15, 0.2) is 0 Å². The zero-order valence-corrected chi connectivity index (χ0v) is 14.2. The molecule has 2 aliphatic rings. The second kappa shape index (κ2) is 6.36. The lowest BCUT2D eigenvalue weighted by molar-refractivity contribution is 0.129. The molecule has 0 bridgehead atoms. The van der Waals surface area contributed by atoms with Gasteiger partial charge < -0.3 is 5.32 Å². The molecule has 6 heteroatoms. The Labute approximate surface area is 131 Å². The van der Waals surface area contributed by atoms with Crippen molar-refractivity contribution in [2.24, 2.45) is 5.92 Å². The highest BCUT2D eigenvalue weighted by atomic mass is 32.2. The number of sulfonamides is 1. The van der Waals surface area contributed by atoms with Crippen LogP contribution in [0, 0.1) is 5.92 Å². The van der Waals surface area contributed by atoms with Crippen LogP contribution >= 0.6 is 11.3 Å². The monoisotopic (exact) mass is 328 g/mol. The minimum atomic E-state index is -3.31. The maximum atomic E-state index is 13.0. The van der Waals surface area contributed by atoms with Crippen molar-refractivity contribution in [3.05, 3.63) is 17.0 Å². The molecule has 4 nitrogen and oxygen atoms in total. The zero-order valence-electron chi connectivity index (χ0n) is 12.5. The molecule has 1 aromatic rings. The van der Waals surface area contributed by atoms with E-state index in [2.05, 4.69) is 5.32 Å². The Bertz CT molecular complexity index is 580. The molecule has 1 saturated carbocycles. The first-order chi connectivity index (χ1) is 10.1. The van der Waals surface area contributed by atoms with Crippen molar-refractivity contribution in [3.8, 4) is 0 Å². The lowest BCUT2D eigenvalue weighted by Crippen LogP contribution is -2.49. The van der Waals surface area contributed by atoms with E-state index in [1.165, 1.54) is 37.0 Å². The average molecular weight is 329 g/mol. The second-order valence-corrected chi connectivity index (χ2v) is 9.20. The summed E-state index contributed by atoms with van der Waals surface area (Å²) in [4.78, 5) is 0. The Balaban J connectivity index is 1.85. The lowest BCUT2D eigenvalue weighted by Gasteiger charge is -2.42. The van der Waals surface area contributed by atoms with Crippen molar-refractivity contribution in [2.45, 2.75) is 55.3 Å². The van der Waals surface area contributed by atoms with Gasteiger partial charge in [-0.3, -0.25) is 0 Å². The molecule has 0 aromatic carbocycles. The van der Waals surface area contributed by atoms with E-state index in [4.69, 9.17) is 0 Å². The van der Waals surface area contributed by atoms with Crippen molar-refractivity contribution in [1.29, 1.82) is 0 Å². The molecule has 1 aliphatic heterocycles. The van der Waals surface area contributed by atoms with E-state index in [1.54, 1.807) is 0 Å². The molecule has 0 spiro atoms. The van der Waals surface area contributed by atoms with Crippen molar-refractivity contribution in [2.75, 3.05) is 13.6 Å². The molecule has 1 N–H and O–H groups in total. The number of nitrogens with one attached hydrogen (secondary N) is 1. The number of hydrogen-bond acceptors (Lipinski definition) is 4. The van der Waals surface area contributed by atoms with Crippen LogP contribution in [0.1, 0.15) is 44.1 Å². The van der Waals surface area contributed by atoms with Crippen LogP contribution in [-0.2, 0) is 16.6 Å². The Hall–Kier alpha value is -0.430. The van der Waals surface area contributed by atoms with Crippen molar-refractivity contribution in [1.82, 2.24) is 9.62 Å². The summed E-state index contributed by atoms with van der Waals surface area (Å²) in [7, 11) is -1.43. The molecule has 0 radical (unpaired) electrons. The second-order valence-electron chi connectivity index (χ2n) is 6.17. The Morgan fingerprint density at radius 2 is 2.05 bits per heavy atom. The van der Waals surface area contributed by atoms with Gasteiger partial charge in [0.05, 0.1) is 0 Å². The third kappa shape index (κ3) is 3.04. The summed E-state index contributed by atoms with van der Waals surface area (Å²) in [5.41, 5.74) is 1.05. The van der Waals surface area contributed by atoms with Gasteiger partial charge in [0.1, 0.15) is 4.21 Å². The Morgan fingerprint density at radius 1 is 1.29 bits per heavy atom. The first-order valence-corrected chi connectivity index (χ1v) is 10.2. The number of nitrogens with zero attached hydrogens (tertiary/aromatic N) is 1. The SMILES string of the molecule is CNCc1csc(S(=O)(=O)N2CCC[C@H]3CCCC[C@H]32)c1. The highest BCUT2D eigenvalue weighted by molar-refractivity contribution is 7.91. The van der Waals surface area contributed by atoms with E-state index in [9.17, 15) is 8.42 Å². The van der Waals surface area contributed by atoms with E-state index in [0.29, 0.717) is 16.7 Å². The minimum absolute atomic E-state index is 0.243. The van der Waals surface area contributed by atoms with E-state index < -0.39 is 10.0 Å². The fourth-order valence-electron chi connectivity index (χ4n) is 3.78. The van der Waals surface area contributed by atoms with Gasteiger partial charge in [-0.15, -0.1) is 11.3 Å². The summed E-state index contributed by atoms with van der Waals surface area (Å²) in [6, 6.07) is 2.08. The summed E-state index contributed by atoms with van der Waals surface area (Å²) in [6.07, 6.45) is 6.88. The normalized spacial score (nSPS) is 27.5. The molecule has 2 atom stereocenters. The summed E-state index contributed by atoms with van der Waals surface area (Å²) < 4.78 is 28.3. The predicted molar refractivity (Wildman–Crippen MR) is 86.0 cm³/mol. The molecule has 0 amide bonds. The fraction of sp³-hybridized carbons (Fsp3) is 0.733. The molecule has 1 aromatic heterocycles. The Kier molecular flexibility index (Phi) is 4.69. The standard InChI is InChI=1S/C15H24N2O2S2/c1-16-10-12-9-15(20-11-12)21(18,19)17-8-4-6-13-5-2-3-7-14(13)17/h9,11,13-14,16H,2-8,10H2,1H3/t13-,14-/m1/s1. The summed E-state index contributed by atoms with van der Waals surface area (Å²) in [5, 5.41) is 5.02. The molecule has 0 unspecified atom stereocenters. The number of piperidine rings is 1. The van der Waals surface area contributed by atoms with Crippen LogP contribution in [0.2, 0.25) is 0 Å². The number of rotatable bonds is 4. The van der Waals surface area contributed by atoms with Gasteiger partial charge in [0.25, 0.3) is 10.0 Å². The third-order valence-corrected chi connectivity index (χ3v) is 8.15. The molecule has 3 rings (SSSR count). The van der Waals surface area contributed by atoms with Gasteiger partial charge >= 0.3 is 0 Å². The molecule has 1 aliphatic carbocycles. The fourth-order valence-corrected chi connectivity index (χ4v) is 6.87. The number of fused-ring (bicyclic) bond motifs is 1. The minimum Gasteiger partial charge on any atom is -0.316 e. The van der Waals surface area contributed by atoms with Crippen LogP contribution in [0.4, 0.5) is 0 Å². The van der Waals surface area contributed by atoms with Gasteiger partial charge in [0.2, 0.25) is 0 Å². The zero-order chi connectivity index (χ0) is 14.9. The maximum Gasteiger partial charge on any atom is 0.252 e. The maximum absolute atomic E-state index is 13.0. The molecular formula is C15H24N2O2S2. The molecular weight excluding hydrogens is 304 g/mol. The van der Waals surface area contributed by atoms with E-state index >= 15 is 0 Å². The highest BCUT2D eigenvalue weighted by Gasteiger charge is 2.40. The van der Waals surface area contributed by atoms with Crippen LogP contribution in [0.15, 0.2) is 15.7 Å². The van der Waals surface area contributed by atoms with E-state index in [1.807, 2.05) is 22.8 Å². The molecule has 21 heavy (non-hydrogen) atoms.